The number of likely N-dealkylation sites (N-methyl/N-ethyl adjacent to an activating group) is 1. The second-order valence-corrected chi connectivity index (χ2v) is 9.49. The molecule has 3 atom stereocenters. The average molecular weight is 471 g/mol. The van der Waals surface area contributed by atoms with Gasteiger partial charge in [0.15, 0.2) is 0 Å². The maximum atomic E-state index is 13.9. The first-order chi connectivity index (χ1) is 16.7. The smallest absolute Gasteiger partial charge is 0.257 e. The van der Waals surface area contributed by atoms with Crippen molar-refractivity contribution >= 4 is 23.4 Å². The van der Waals surface area contributed by atoms with Crippen LogP contribution in [0.3, 0.4) is 0 Å². The van der Waals surface area contributed by atoms with Crippen LogP contribution in [0.5, 0.6) is 0 Å². The predicted octanol–water partition coefficient (Wildman–Crippen LogP) is 2.45. The average Bonchev–Trinajstić information content (AvgIpc) is 3.39. The van der Waals surface area contributed by atoms with E-state index >= 15 is 0 Å². The summed E-state index contributed by atoms with van der Waals surface area (Å²) in [7, 11) is 1.52. The fourth-order valence-corrected chi connectivity index (χ4v) is 5.04. The molecule has 1 aromatic heterocycles. The van der Waals surface area contributed by atoms with Crippen molar-refractivity contribution in [2.24, 2.45) is 5.92 Å². The highest BCUT2D eigenvalue weighted by Crippen LogP contribution is 2.46. The number of rotatable bonds is 5. The van der Waals surface area contributed by atoms with Crippen molar-refractivity contribution in [2.45, 2.75) is 44.2 Å². The number of hydrogen-bond donors (Lipinski definition) is 1. The van der Waals surface area contributed by atoms with E-state index in [1.165, 1.54) is 35.3 Å². The van der Waals surface area contributed by atoms with Crippen LogP contribution in [0.2, 0.25) is 0 Å². The molecule has 0 saturated carbocycles. The second kappa shape index (κ2) is 9.19. The van der Waals surface area contributed by atoms with Crippen LogP contribution in [0.4, 0.5) is 5.69 Å². The van der Waals surface area contributed by atoms with Crippen LogP contribution in [0, 0.1) is 28.6 Å². The summed E-state index contributed by atoms with van der Waals surface area (Å²) in [5, 5.41) is 22.2. The van der Waals surface area contributed by atoms with E-state index in [2.05, 4.69) is 16.4 Å². The summed E-state index contributed by atoms with van der Waals surface area (Å²) >= 11 is 0. The minimum absolute atomic E-state index is 0.0554. The fourth-order valence-electron chi connectivity index (χ4n) is 5.04. The first kappa shape index (κ1) is 23.9. The molecular formula is C26H26N6O3. The van der Waals surface area contributed by atoms with E-state index in [0.717, 1.165) is 5.56 Å². The fraction of sp³-hybridized carbons (Fsp3) is 0.385. The van der Waals surface area contributed by atoms with E-state index in [1.54, 1.807) is 0 Å². The number of nitrogens with one attached hydrogen (secondary N) is 1. The maximum absolute atomic E-state index is 13.9. The van der Waals surface area contributed by atoms with Gasteiger partial charge in [-0.05, 0) is 30.0 Å². The molecule has 3 amide bonds. The molecule has 35 heavy (non-hydrogen) atoms. The Morgan fingerprint density at radius 3 is 2.71 bits per heavy atom. The zero-order valence-electron chi connectivity index (χ0n) is 19.9. The highest BCUT2D eigenvalue weighted by Gasteiger charge is 2.56. The van der Waals surface area contributed by atoms with E-state index in [-0.39, 0.29) is 35.9 Å². The summed E-state index contributed by atoms with van der Waals surface area (Å²) in [5.41, 5.74) is 0.740. The molecule has 9 heteroatoms. The van der Waals surface area contributed by atoms with Crippen molar-refractivity contribution in [3.05, 3.63) is 59.4 Å². The monoisotopic (exact) mass is 470 g/mol. The van der Waals surface area contributed by atoms with Crippen molar-refractivity contribution in [1.29, 1.82) is 10.5 Å². The van der Waals surface area contributed by atoms with Crippen molar-refractivity contribution in [3.63, 3.8) is 0 Å². The van der Waals surface area contributed by atoms with Crippen molar-refractivity contribution in [2.75, 3.05) is 18.9 Å². The third-order valence-corrected chi connectivity index (χ3v) is 6.86. The number of fused-ring (bicyclic) bond motifs is 2. The normalized spacial score (nSPS) is 21.3. The molecule has 2 aromatic rings. The first-order valence-electron chi connectivity index (χ1n) is 11.5. The third kappa shape index (κ3) is 4.00. The van der Waals surface area contributed by atoms with Crippen LogP contribution in [-0.2, 0) is 15.0 Å². The number of hydrogen-bond acceptors (Lipinski definition) is 6. The molecule has 2 aliphatic heterocycles. The van der Waals surface area contributed by atoms with E-state index < -0.39 is 29.3 Å². The Labute approximate surface area is 204 Å². The molecular weight excluding hydrogens is 444 g/mol. The standard InChI is InChI=1S/C26H26N6O3/c1-16(2)10-22(31(3)23(33)19-14-29-9-8-17(19)12-27)24(34)32-15-26(11-18(32)13-28)20-6-4-5-7-21(20)30-25(26)35/h4-9,14,16,18,22H,10-11,15H2,1-3H3,(H,30,35)/t18?,22-,26-/m0/s1. The lowest BCUT2D eigenvalue weighted by Crippen LogP contribution is -2.52. The number of carbonyl (C=O) groups is 3. The van der Waals surface area contributed by atoms with Gasteiger partial charge in [0.05, 0.1) is 22.6 Å². The Hall–Kier alpha value is -4.24. The predicted molar refractivity (Wildman–Crippen MR) is 127 cm³/mol. The lowest BCUT2D eigenvalue weighted by molar-refractivity contribution is -0.136. The topological polar surface area (TPSA) is 130 Å². The number of nitriles is 2. The van der Waals surface area contributed by atoms with Gasteiger partial charge < -0.3 is 15.1 Å². The summed E-state index contributed by atoms with van der Waals surface area (Å²) in [5.74, 6) is -1.05. The molecule has 1 aromatic carbocycles. The zero-order valence-corrected chi connectivity index (χ0v) is 19.9. The molecule has 178 valence electrons. The van der Waals surface area contributed by atoms with E-state index in [9.17, 15) is 24.9 Å². The van der Waals surface area contributed by atoms with Gasteiger partial charge in [-0.2, -0.15) is 10.5 Å². The molecule has 2 aliphatic rings. The van der Waals surface area contributed by atoms with Gasteiger partial charge >= 0.3 is 0 Å². The van der Waals surface area contributed by atoms with Gasteiger partial charge in [-0.15, -0.1) is 0 Å². The summed E-state index contributed by atoms with van der Waals surface area (Å²) in [6.45, 7) is 3.94. The van der Waals surface area contributed by atoms with E-state index in [1.807, 2.05) is 44.2 Å². The van der Waals surface area contributed by atoms with Crippen LogP contribution in [0.25, 0.3) is 0 Å². The minimum atomic E-state index is -1.01. The molecule has 1 saturated heterocycles. The van der Waals surface area contributed by atoms with Gasteiger partial charge in [0.25, 0.3) is 5.91 Å². The van der Waals surface area contributed by atoms with Gasteiger partial charge in [0, 0.05) is 38.1 Å². The van der Waals surface area contributed by atoms with Crippen molar-refractivity contribution in [3.8, 4) is 12.1 Å². The van der Waals surface area contributed by atoms with Gasteiger partial charge in [0.1, 0.15) is 18.2 Å². The quantitative estimate of drug-likeness (QED) is 0.714. The minimum Gasteiger partial charge on any atom is -0.330 e. The molecule has 3 heterocycles. The van der Waals surface area contributed by atoms with Crippen LogP contribution in [0.1, 0.15) is 48.2 Å². The van der Waals surface area contributed by atoms with Crippen LogP contribution in [-0.4, -0.2) is 58.2 Å². The molecule has 1 unspecified atom stereocenters. The lowest BCUT2D eigenvalue weighted by Gasteiger charge is -2.33. The zero-order chi connectivity index (χ0) is 25.3. The van der Waals surface area contributed by atoms with Crippen molar-refractivity contribution < 1.29 is 14.4 Å². The molecule has 0 aliphatic carbocycles. The number of benzene rings is 1. The summed E-state index contributed by atoms with van der Waals surface area (Å²) in [6, 6.07) is 11.3. The Balaban J connectivity index is 1.68. The number of amides is 3. The van der Waals surface area contributed by atoms with Crippen LogP contribution >= 0.6 is 0 Å². The number of nitrogens with zero attached hydrogens (tertiary/aromatic N) is 5. The van der Waals surface area contributed by atoms with E-state index in [4.69, 9.17) is 0 Å². The Morgan fingerprint density at radius 1 is 1.29 bits per heavy atom. The van der Waals surface area contributed by atoms with Gasteiger partial charge in [-0.25, -0.2) is 0 Å². The largest absolute Gasteiger partial charge is 0.330 e. The third-order valence-electron chi connectivity index (χ3n) is 6.86. The SMILES string of the molecule is CC(C)C[C@@H](C(=O)N1C[C@]2(CC1C#N)C(=O)Nc1ccccc12)N(C)C(=O)c1cnccc1C#N. The molecule has 0 bridgehead atoms. The molecule has 0 radical (unpaired) electrons. The van der Waals surface area contributed by atoms with Crippen LogP contribution < -0.4 is 5.32 Å². The maximum Gasteiger partial charge on any atom is 0.257 e. The first-order valence-corrected chi connectivity index (χ1v) is 11.5. The summed E-state index contributed by atoms with van der Waals surface area (Å²) in [4.78, 5) is 47.0. The lowest BCUT2D eigenvalue weighted by atomic mass is 9.80. The number of likely N-dealkylation sites (tertiary alicyclic amines) is 1. The molecule has 4 rings (SSSR count). The van der Waals surface area contributed by atoms with Gasteiger partial charge in [-0.3, -0.25) is 19.4 Å². The molecule has 1 fully saturated rings. The van der Waals surface area contributed by atoms with E-state index in [0.29, 0.717) is 12.1 Å². The molecule has 1 N–H and O–H groups in total. The molecule has 1 spiro atoms. The van der Waals surface area contributed by atoms with Crippen LogP contribution in [0.15, 0.2) is 42.7 Å². The number of para-hydroxylation sites is 1. The van der Waals surface area contributed by atoms with Crippen molar-refractivity contribution in [1.82, 2.24) is 14.8 Å². The number of aromatic nitrogens is 1. The number of anilines is 1. The Kier molecular flexibility index (Phi) is 6.27. The van der Waals surface area contributed by atoms with Gasteiger partial charge in [0.2, 0.25) is 11.8 Å². The Morgan fingerprint density at radius 2 is 2.03 bits per heavy atom. The highest BCUT2D eigenvalue weighted by atomic mass is 16.2. The second-order valence-electron chi connectivity index (χ2n) is 9.49. The Bertz CT molecular complexity index is 1280. The summed E-state index contributed by atoms with van der Waals surface area (Å²) < 4.78 is 0. The number of pyridine rings is 1. The molecule has 9 nitrogen and oxygen atoms in total. The number of carbonyl (C=O) groups excluding carboxylic acids is 3. The van der Waals surface area contributed by atoms with Gasteiger partial charge in [-0.1, -0.05) is 32.0 Å². The summed E-state index contributed by atoms with van der Waals surface area (Å²) in [6.07, 6.45) is 3.29. The highest BCUT2D eigenvalue weighted by molar-refractivity contribution is 6.07.